The van der Waals surface area contributed by atoms with E-state index < -0.39 is 0 Å². The van der Waals surface area contributed by atoms with Crippen LogP contribution in [0.2, 0.25) is 0 Å². The number of hydrogen-bond donors (Lipinski definition) is 0. The van der Waals surface area contributed by atoms with E-state index in [4.69, 9.17) is 0 Å². The first kappa shape index (κ1) is 80.8. The molecule has 6 rings (SSSR count). The third-order valence-electron chi connectivity index (χ3n) is 14.7. The molecule has 0 fully saturated rings. The van der Waals surface area contributed by atoms with Crippen molar-refractivity contribution in [2.24, 2.45) is 0 Å². The van der Waals surface area contributed by atoms with Crippen LogP contribution in [0.1, 0.15) is 203 Å². The average Bonchev–Trinajstić information content (AvgIpc) is 3.78. The van der Waals surface area contributed by atoms with Gasteiger partial charge in [-0.2, -0.15) is 13.3 Å². The van der Waals surface area contributed by atoms with Crippen molar-refractivity contribution in [3.05, 3.63) is 116 Å². The quantitative estimate of drug-likeness (QED) is 0.138. The molecule has 0 saturated heterocycles. The zero-order chi connectivity index (χ0) is 56.9. The second-order valence-corrected chi connectivity index (χ2v) is 42.9. The van der Waals surface area contributed by atoms with E-state index in [9.17, 15) is 0 Å². The van der Waals surface area contributed by atoms with E-state index in [0.717, 1.165) is 93.6 Å². The van der Waals surface area contributed by atoms with Crippen LogP contribution in [0.5, 0.6) is 0 Å². The molecule has 0 atom stereocenters. The Morgan fingerprint density at radius 2 is 0.636 bits per heavy atom. The van der Waals surface area contributed by atoms with Crippen molar-refractivity contribution >= 4 is 54.4 Å². The standard InChI is InChI=1S/C16H18N2.C14H14N2.4C9H21P.CH3.2Os/c1-12-9-15-16(10-13(12)2)18(11-17(15)3)14-7-5-4-6-8-14;1-15-11-16(12-7-3-2-4-8-12)14-10-6-5-9-13(14)15;4*1-7(2)10(8(3)4)9(5)6;;;/h4-5,9-11H,6,8H2,1-3H3;2-3,5-6,9-11H,4,8H2,1H3;4*7-9H,1-6H3;1H3;;/q2*-2;;;;;-1;;/p+4. The molecule has 4 nitrogen and oxygen atoms in total. The zero-order valence-electron chi connectivity index (χ0n) is 55.2. The number of anilines is 4. The van der Waals surface area contributed by atoms with Crippen molar-refractivity contribution in [3.8, 4) is 0 Å². The fourth-order valence-electron chi connectivity index (χ4n) is 12.7. The van der Waals surface area contributed by atoms with Gasteiger partial charge in [0.05, 0.1) is 67.9 Å². The molecule has 0 unspecified atom stereocenters. The minimum Gasteiger partial charge on any atom is -0.504 e. The first-order valence-corrected chi connectivity index (χ1v) is 36.3. The van der Waals surface area contributed by atoms with Crippen LogP contribution < -0.4 is 19.6 Å². The molecule has 77 heavy (non-hydrogen) atoms. The maximum atomic E-state index is 3.36. The summed E-state index contributed by atoms with van der Waals surface area (Å²) in [6.07, 6.45) is 19.4. The summed E-state index contributed by atoms with van der Waals surface area (Å²) in [6, 6.07) is 13.0. The predicted molar refractivity (Wildman–Crippen MR) is 364 cm³/mol. The molecular weight excluding hydrogens is 1370 g/mol. The third kappa shape index (κ3) is 27.2. The Hall–Kier alpha value is -0.407. The van der Waals surface area contributed by atoms with E-state index in [0.29, 0.717) is 0 Å². The Labute approximate surface area is 513 Å². The van der Waals surface area contributed by atoms with Gasteiger partial charge in [0.15, 0.2) is 0 Å². The monoisotopic (exact) mass is 1490 g/mol. The van der Waals surface area contributed by atoms with Crippen LogP contribution in [0.3, 0.4) is 0 Å². The van der Waals surface area contributed by atoms with Crippen LogP contribution in [0.25, 0.3) is 0 Å². The number of rotatable bonds is 14. The maximum absolute atomic E-state index is 3.36. The molecule has 0 bridgehead atoms. The Kier molecular flexibility index (Phi) is 42.8. The van der Waals surface area contributed by atoms with Gasteiger partial charge in [0.2, 0.25) is 0 Å². The van der Waals surface area contributed by atoms with Crippen molar-refractivity contribution in [2.45, 2.75) is 274 Å². The normalized spacial score (nSPS) is 14.6. The number of allylic oxidation sites excluding steroid dienone is 8. The molecule has 448 valence electrons. The van der Waals surface area contributed by atoms with Crippen LogP contribution in [0, 0.1) is 46.8 Å². The molecule has 2 aromatic rings. The SMILES string of the molecule is CC(C)[PH+](C(C)C)C(C)C.CC(C)[PH+](C(C)C)C(C)C.CC(C)[PH+](C(C)C)C(C)C.CC(C)[PH+](C(C)C)C(C)C.CN1[CH-]N(C2=[C-]C=CCC2)c2ccccc21.Cc1cc2c(cc1C)N(C1=[C-]C=CCC1)[CH-]N2C.[CH3-].[Os].[Os]. The molecule has 0 N–H and O–H groups in total. The summed E-state index contributed by atoms with van der Waals surface area (Å²) in [6.45, 7) is 65.5. The molecule has 0 amide bonds. The minimum absolute atomic E-state index is 0. The number of aryl methyl sites for hydroxylation is 2. The molecule has 0 aromatic heterocycles. The van der Waals surface area contributed by atoms with Gasteiger partial charge in [0.1, 0.15) is 0 Å². The van der Waals surface area contributed by atoms with Gasteiger partial charge >= 0.3 is 0 Å². The topological polar surface area (TPSA) is 13.0 Å². The fraction of sp³-hybridized carbons (Fsp3) is 0.657. The van der Waals surface area contributed by atoms with Crippen LogP contribution >= 0.6 is 31.7 Å². The number of hydrogen-bond acceptors (Lipinski definition) is 4. The average molecular weight is 1490 g/mol. The molecule has 2 aliphatic carbocycles. The summed E-state index contributed by atoms with van der Waals surface area (Å²) in [4.78, 5) is 8.85. The van der Waals surface area contributed by atoms with E-state index in [1.807, 2.05) is 12.2 Å². The summed E-state index contributed by atoms with van der Waals surface area (Å²) < 4.78 is 0. The third-order valence-corrected chi connectivity index (χ3v) is 30.7. The molecule has 10 heteroatoms. The van der Waals surface area contributed by atoms with Gasteiger partial charge in [-0.05, 0) is 242 Å². The van der Waals surface area contributed by atoms with Gasteiger partial charge in [-0.3, -0.25) is 0 Å². The number of fused-ring (bicyclic) bond motifs is 2. The minimum atomic E-state index is -0.0957. The van der Waals surface area contributed by atoms with Crippen molar-refractivity contribution in [3.63, 3.8) is 0 Å². The summed E-state index contributed by atoms with van der Waals surface area (Å²) >= 11 is 0. The number of benzene rings is 2. The summed E-state index contributed by atoms with van der Waals surface area (Å²) in [7, 11) is 3.80. The molecule has 2 aliphatic heterocycles. The Balaban J connectivity index is -0.000000867. The molecule has 0 spiro atoms. The van der Waals surface area contributed by atoms with Crippen molar-refractivity contribution in [2.75, 3.05) is 33.7 Å². The van der Waals surface area contributed by atoms with Crippen LogP contribution in [0.15, 0.2) is 72.1 Å². The van der Waals surface area contributed by atoms with Crippen LogP contribution in [-0.4, -0.2) is 82.0 Å². The Bertz CT molecular complexity index is 1830. The second kappa shape index (κ2) is 40.8. The maximum Gasteiger partial charge on any atom is 0.0624 e. The molecular formula is C67H123N4Os2P4-. The van der Waals surface area contributed by atoms with Crippen molar-refractivity contribution in [1.29, 1.82) is 0 Å². The molecule has 2 aromatic carbocycles. The largest absolute Gasteiger partial charge is 0.504 e. The fourth-order valence-corrected chi connectivity index (χ4v) is 28.7. The Morgan fingerprint density at radius 3 is 0.883 bits per heavy atom. The van der Waals surface area contributed by atoms with Crippen molar-refractivity contribution < 1.29 is 39.6 Å². The molecule has 2 heterocycles. The second-order valence-electron chi connectivity index (χ2n) is 25.0. The van der Waals surface area contributed by atoms with E-state index in [1.165, 1.54) is 45.3 Å². The summed E-state index contributed by atoms with van der Waals surface area (Å²) in [5, 5.41) is 0. The van der Waals surface area contributed by atoms with Gasteiger partial charge < -0.3 is 27.0 Å². The number of para-hydroxylation sites is 2. The van der Waals surface area contributed by atoms with Crippen molar-refractivity contribution in [1.82, 2.24) is 0 Å². The summed E-state index contributed by atoms with van der Waals surface area (Å²) in [5.41, 5.74) is 21.5. The Morgan fingerprint density at radius 1 is 0.390 bits per heavy atom. The number of nitrogens with zero attached hydrogens (tertiary/aromatic N) is 4. The van der Waals surface area contributed by atoms with Gasteiger partial charge in [0.25, 0.3) is 0 Å². The van der Waals surface area contributed by atoms with Gasteiger partial charge in [-0.15, -0.1) is 11.4 Å². The van der Waals surface area contributed by atoms with Gasteiger partial charge in [-0.25, -0.2) is 36.5 Å². The van der Waals surface area contributed by atoms with E-state index in [1.54, 1.807) is 0 Å². The molecule has 4 aliphatic rings. The van der Waals surface area contributed by atoms with Crippen LogP contribution in [-0.2, 0) is 39.6 Å². The summed E-state index contributed by atoms with van der Waals surface area (Å²) in [5.74, 6) is 0. The zero-order valence-corrected chi connectivity index (χ0v) is 64.3. The van der Waals surface area contributed by atoms with Gasteiger partial charge in [0, 0.05) is 94.0 Å². The first-order valence-electron chi connectivity index (χ1n) is 29.3. The molecule has 0 saturated carbocycles. The van der Waals surface area contributed by atoms with E-state index >= 15 is 0 Å². The smallest absolute Gasteiger partial charge is 0.0624 e. The van der Waals surface area contributed by atoms with E-state index in [-0.39, 0.29) is 78.7 Å². The van der Waals surface area contributed by atoms with Crippen LogP contribution in [0.4, 0.5) is 22.7 Å². The predicted octanol–water partition coefficient (Wildman–Crippen LogP) is 21.0. The van der Waals surface area contributed by atoms with E-state index in [2.05, 4.69) is 288 Å². The molecule has 0 radical (unpaired) electrons. The first-order chi connectivity index (χ1) is 34.4. The van der Waals surface area contributed by atoms with Gasteiger partial charge in [-0.1, -0.05) is 25.0 Å².